The minimum absolute atomic E-state index is 0.476. The fraction of sp³-hybridized carbons (Fsp3) is 0. The maximum absolute atomic E-state index is 13.6. The first-order chi connectivity index (χ1) is 51.1. The van der Waals surface area contributed by atoms with Gasteiger partial charge in [-0.1, -0.05) is 231 Å². The molecule has 8 heteroatoms. The van der Waals surface area contributed by atoms with E-state index < -0.39 is 0 Å². The molecule has 0 fully saturated rings. The third kappa shape index (κ3) is 8.77. The van der Waals surface area contributed by atoms with Gasteiger partial charge in [-0.3, -0.25) is 4.57 Å². The molecule has 0 spiro atoms. The standard InChI is InChI=1S/C95H58N8/c96-59-80-90(100-81-40-17-13-34-70(81)76-55-64(44-48-85(76)100)60-24-5-1-6-25-60)92(102-83-42-19-15-36-72(83)78-57-66(46-50-87(78)102)62-28-9-3-10-29-62)89(68-32-21-33-69(54-68)99-94-74(38-22-52-97-94)75-39-23-53-98-95(75)99)93(103-84-43-20-16-37-73(84)79-58-67(47-51-88(79)103)63-30-11-4-12-31-63)91(80)101-82-41-18-14-35-71(82)77-56-65(45-49-86(77)101)61-26-7-2-8-27-61/h1-58H. The van der Waals surface area contributed by atoms with E-state index in [0.717, 1.165) is 182 Å². The molecule has 0 aliphatic heterocycles. The van der Waals surface area contributed by atoms with Gasteiger partial charge >= 0.3 is 0 Å². The Morgan fingerprint density at radius 2 is 0.505 bits per heavy atom. The van der Waals surface area contributed by atoms with Crippen molar-refractivity contribution in [3.8, 4) is 90.1 Å². The zero-order chi connectivity index (χ0) is 67.8. The number of para-hydroxylation sites is 4. The van der Waals surface area contributed by atoms with Crippen molar-refractivity contribution in [2.45, 2.75) is 0 Å². The first-order valence-electron chi connectivity index (χ1n) is 34.9. The van der Waals surface area contributed by atoms with Crippen molar-refractivity contribution in [1.82, 2.24) is 32.8 Å². The van der Waals surface area contributed by atoms with Crippen LogP contribution in [-0.2, 0) is 0 Å². The van der Waals surface area contributed by atoms with Gasteiger partial charge in [0.1, 0.15) is 22.9 Å². The molecule has 14 aromatic carbocycles. The monoisotopic (exact) mass is 1310 g/mol. The lowest BCUT2D eigenvalue weighted by Crippen LogP contribution is -2.16. The third-order valence-electron chi connectivity index (χ3n) is 21.2. The Kier molecular flexibility index (Phi) is 12.9. The van der Waals surface area contributed by atoms with E-state index in [0.29, 0.717) is 16.9 Å². The Labute approximate surface area is 591 Å². The summed E-state index contributed by atoms with van der Waals surface area (Å²) in [6.07, 6.45) is 3.74. The normalized spacial score (nSPS) is 11.9. The smallest absolute Gasteiger partial charge is 0.146 e. The zero-order valence-electron chi connectivity index (χ0n) is 55.6. The molecule has 0 aliphatic rings. The minimum atomic E-state index is 0.476. The summed E-state index contributed by atoms with van der Waals surface area (Å²) in [7, 11) is 0. The van der Waals surface area contributed by atoms with Crippen LogP contribution in [0, 0.1) is 11.3 Å². The van der Waals surface area contributed by atoms with Gasteiger partial charge in [-0.25, -0.2) is 9.97 Å². The van der Waals surface area contributed by atoms with Gasteiger partial charge in [-0.2, -0.15) is 5.26 Å². The van der Waals surface area contributed by atoms with Crippen LogP contribution in [0.3, 0.4) is 0 Å². The molecule has 0 saturated carbocycles. The van der Waals surface area contributed by atoms with Crippen molar-refractivity contribution < 1.29 is 0 Å². The average Bonchev–Trinajstić information content (AvgIpc) is 1.60. The predicted molar refractivity (Wildman–Crippen MR) is 426 cm³/mol. The van der Waals surface area contributed by atoms with Gasteiger partial charge in [0.25, 0.3) is 0 Å². The molecular formula is C95H58N8. The fourth-order valence-corrected chi connectivity index (χ4v) is 16.8. The molecule has 103 heavy (non-hydrogen) atoms. The van der Waals surface area contributed by atoms with Crippen molar-refractivity contribution >= 4 is 109 Å². The molecule has 478 valence electrons. The summed E-state index contributed by atoms with van der Waals surface area (Å²) < 4.78 is 12.0. The second-order valence-electron chi connectivity index (χ2n) is 26.7. The number of nitriles is 1. The highest BCUT2D eigenvalue weighted by Gasteiger charge is 2.36. The first-order valence-corrected chi connectivity index (χ1v) is 34.9. The van der Waals surface area contributed by atoms with E-state index in [2.05, 4.69) is 356 Å². The van der Waals surface area contributed by atoms with Gasteiger partial charge in [0, 0.05) is 77.5 Å². The summed E-state index contributed by atoms with van der Waals surface area (Å²) in [6.45, 7) is 0. The number of aromatic nitrogens is 7. The molecule has 21 rings (SSSR count). The van der Waals surface area contributed by atoms with Crippen LogP contribution < -0.4 is 0 Å². The van der Waals surface area contributed by atoms with Gasteiger partial charge in [0.05, 0.1) is 66.9 Å². The molecule has 7 aromatic heterocycles. The number of pyridine rings is 2. The number of hydrogen-bond acceptors (Lipinski definition) is 3. The van der Waals surface area contributed by atoms with Crippen molar-refractivity contribution in [2.24, 2.45) is 0 Å². The maximum Gasteiger partial charge on any atom is 0.146 e. The van der Waals surface area contributed by atoms with Crippen LogP contribution in [0.2, 0.25) is 0 Å². The lowest BCUT2D eigenvalue weighted by atomic mass is 9.93. The quantitative estimate of drug-likeness (QED) is 0.137. The molecule has 7 heterocycles. The molecule has 0 saturated heterocycles. The summed E-state index contributed by atoms with van der Waals surface area (Å²) in [6, 6.07) is 126. The van der Waals surface area contributed by atoms with Crippen LogP contribution in [0.1, 0.15) is 5.56 Å². The average molecular weight is 1310 g/mol. The molecule has 0 radical (unpaired) electrons. The molecule has 0 unspecified atom stereocenters. The molecule has 0 bridgehead atoms. The Bertz CT molecular complexity index is 6710. The molecule has 0 aliphatic carbocycles. The highest BCUT2D eigenvalue weighted by molar-refractivity contribution is 6.19. The Morgan fingerprint density at radius 1 is 0.214 bits per heavy atom. The Hall–Kier alpha value is -14.1. The van der Waals surface area contributed by atoms with E-state index in [1.54, 1.807) is 0 Å². The number of nitrogens with zero attached hydrogens (tertiary/aromatic N) is 8. The summed E-state index contributed by atoms with van der Waals surface area (Å²) in [5.74, 6) is 0. The molecule has 0 atom stereocenters. The lowest BCUT2D eigenvalue weighted by Gasteiger charge is -2.29. The number of fused-ring (bicyclic) bond motifs is 15. The van der Waals surface area contributed by atoms with Crippen molar-refractivity contribution in [1.29, 1.82) is 5.26 Å². The maximum atomic E-state index is 13.6. The number of rotatable bonds is 10. The van der Waals surface area contributed by atoms with Gasteiger partial charge in [-0.05, 0) is 159 Å². The summed E-state index contributed by atoms with van der Waals surface area (Å²) >= 11 is 0. The summed E-state index contributed by atoms with van der Waals surface area (Å²) in [5, 5.41) is 24.1. The fourth-order valence-electron chi connectivity index (χ4n) is 16.8. The van der Waals surface area contributed by atoms with Crippen LogP contribution in [0.15, 0.2) is 352 Å². The van der Waals surface area contributed by atoms with E-state index in [1.165, 1.54) is 0 Å². The highest BCUT2D eigenvalue weighted by atomic mass is 15.1. The zero-order valence-corrected chi connectivity index (χ0v) is 55.6. The molecular weight excluding hydrogens is 1250 g/mol. The second-order valence-corrected chi connectivity index (χ2v) is 26.7. The summed E-state index contributed by atoms with van der Waals surface area (Å²) in [5.41, 5.74) is 24.4. The topological polar surface area (TPSA) is 74.2 Å². The van der Waals surface area contributed by atoms with E-state index in [9.17, 15) is 5.26 Å². The molecule has 8 nitrogen and oxygen atoms in total. The molecule has 0 amide bonds. The van der Waals surface area contributed by atoms with Gasteiger partial charge < -0.3 is 18.3 Å². The van der Waals surface area contributed by atoms with Crippen LogP contribution in [-0.4, -0.2) is 32.8 Å². The molecule has 21 aromatic rings. The van der Waals surface area contributed by atoms with Crippen LogP contribution in [0.5, 0.6) is 0 Å². The Morgan fingerprint density at radius 3 is 0.845 bits per heavy atom. The highest BCUT2D eigenvalue weighted by Crippen LogP contribution is 2.53. The van der Waals surface area contributed by atoms with Crippen molar-refractivity contribution in [2.75, 3.05) is 0 Å². The first kappa shape index (κ1) is 57.9. The predicted octanol–water partition coefficient (Wildman–Crippen LogP) is 24.2. The van der Waals surface area contributed by atoms with E-state index in [1.807, 2.05) is 24.5 Å². The molecule has 0 N–H and O–H groups in total. The largest absolute Gasteiger partial charge is 0.306 e. The minimum Gasteiger partial charge on any atom is -0.306 e. The van der Waals surface area contributed by atoms with E-state index >= 15 is 0 Å². The Balaban J connectivity index is 1.04. The number of benzene rings is 14. The van der Waals surface area contributed by atoms with Crippen LogP contribution in [0.25, 0.3) is 193 Å². The lowest BCUT2D eigenvalue weighted by molar-refractivity contribution is 1.03. The second kappa shape index (κ2) is 23.0. The van der Waals surface area contributed by atoms with Crippen LogP contribution >= 0.6 is 0 Å². The van der Waals surface area contributed by atoms with Gasteiger partial charge in [0.2, 0.25) is 0 Å². The SMILES string of the molecule is N#Cc1c(-n2c3ccccc3c3cc(-c4ccccc4)ccc32)c(-n2c3ccccc3c3cc(-c4ccccc4)ccc32)c(-c2cccc(-n3c4ncccc4c4cccnc43)c2)c(-n2c3ccccc3c3cc(-c4ccccc4)ccc32)c1-n1c2ccccc2c2cc(-c3ccccc3)ccc21. The summed E-state index contributed by atoms with van der Waals surface area (Å²) in [4.78, 5) is 10.3. The van der Waals surface area contributed by atoms with Crippen molar-refractivity contribution in [3.63, 3.8) is 0 Å². The van der Waals surface area contributed by atoms with Crippen molar-refractivity contribution in [3.05, 3.63) is 358 Å². The van der Waals surface area contributed by atoms with E-state index in [4.69, 9.17) is 9.97 Å². The van der Waals surface area contributed by atoms with Gasteiger partial charge in [-0.15, -0.1) is 0 Å². The van der Waals surface area contributed by atoms with Gasteiger partial charge in [0.15, 0.2) is 0 Å². The van der Waals surface area contributed by atoms with E-state index in [-0.39, 0.29) is 0 Å². The number of hydrogen-bond donors (Lipinski definition) is 0. The third-order valence-corrected chi connectivity index (χ3v) is 21.2. The van der Waals surface area contributed by atoms with Crippen LogP contribution in [0.4, 0.5) is 0 Å².